The van der Waals surface area contributed by atoms with Gasteiger partial charge in [-0.15, -0.1) is 0 Å². The summed E-state index contributed by atoms with van der Waals surface area (Å²) in [4.78, 5) is 26.3. The molecule has 7 heteroatoms. The number of rotatable bonds is 8. The molecule has 1 amide bonds. The normalized spacial score (nSPS) is 13.7. The van der Waals surface area contributed by atoms with Crippen LogP contribution in [0, 0.1) is 12.8 Å². The van der Waals surface area contributed by atoms with E-state index in [0.29, 0.717) is 24.2 Å². The Morgan fingerprint density at radius 1 is 1.09 bits per heavy atom. The average molecular weight is 447 g/mol. The lowest BCUT2D eigenvalue weighted by atomic mass is 9.93. The van der Waals surface area contributed by atoms with Gasteiger partial charge in [-0.1, -0.05) is 29.8 Å². The molecule has 0 N–H and O–H groups in total. The Hall–Kier alpha value is -2.83. The number of ether oxygens (including phenoxy) is 1. The topological polar surface area (TPSA) is 46.6 Å². The summed E-state index contributed by atoms with van der Waals surface area (Å²) in [7, 11) is 0. The lowest BCUT2D eigenvalue weighted by molar-refractivity contribution is -0.142. The second kappa shape index (κ2) is 9.76. The molecule has 0 heterocycles. The van der Waals surface area contributed by atoms with Gasteiger partial charge in [-0.25, -0.2) is 0 Å². The largest absolute Gasteiger partial charge is 0.466 e. The number of nitrogens with zero attached hydrogens (tertiary/aromatic N) is 1. The minimum absolute atomic E-state index is 0.0629. The second-order valence-electron chi connectivity index (χ2n) is 8.19. The minimum Gasteiger partial charge on any atom is -0.466 e. The lowest BCUT2D eigenvalue weighted by Crippen LogP contribution is -2.31. The molecule has 1 aliphatic rings. The third-order valence-corrected chi connectivity index (χ3v) is 5.53. The molecule has 2 aromatic rings. The Balaban J connectivity index is 2.03. The van der Waals surface area contributed by atoms with Crippen LogP contribution in [-0.2, 0) is 33.5 Å². The van der Waals surface area contributed by atoms with E-state index in [9.17, 15) is 22.8 Å². The van der Waals surface area contributed by atoms with E-state index in [-0.39, 0.29) is 30.4 Å². The minimum atomic E-state index is -4.55. The number of alkyl halides is 3. The van der Waals surface area contributed by atoms with Crippen LogP contribution in [-0.4, -0.2) is 29.9 Å². The molecule has 0 unspecified atom stereocenters. The molecule has 0 bridgehead atoms. The van der Waals surface area contributed by atoms with Crippen molar-refractivity contribution in [3.63, 3.8) is 0 Å². The van der Waals surface area contributed by atoms with Gasteiger partial charge in [0.1, 0.15) is 0 Å². The van der Waals surface area contributed by atoms with E-state index < -0.39 is 17.7 Å². The summed E-state index contributed by atoms with van der Waals surface area (Å²) in [6, 6.07) is 9.21. The van der Waals surface area contributed by atoms with E-state index in [0.717, 1.165) is 36.1 Å². The van der Waals surface area contributed by atoms with Crippen molar-refractivity contribution in [2.24, 2.45) is 5.92 Å². The maximum atomic E-state index is 13.6. The summed E-state index contributed by atoms with van der Waals surface area (Å²) in [5.74, 6) is -0.422. The average Bonchev–Trinajstić information content (AvgIpc) is 3.56. The van der Waals surface area contributed by atoms with Crippen LogP contribution in [0.2, 0.25) is 0 Å². The van der Waals surface area contributed by atoms with Crippen LogP contribution in [0.4, 0.5) is 13.2 Å². The molecule has 32 heavy (non-hydrogen) atoms. The third kappa shape index (κ3) is 5.90. The SMILES string of the molecule is CCOC(=O)Cc1cc(-c2ccc(C)cc2CN(CC)C(=O)C2CC2)cc(C(F)(F)F)c1. The molecule has 0 aromatic heterocycles. The van der Waals surface area contributed by atoms with Gasteiger partial charge in [-0.05, 0) is 68.0 Å². The number of benzene rings is 2. The number of halogens is 3. The van der Waals surface area contributed by atoms with E-state index in [2.05, 4.69) is 0 Å². The predicted molar refractivity (Wildman–Crippen MR) is 116 cm³/mol. The highest BCUT2D eigenvalue weighted by atomic mass is 19.4. The van der Waals surface area contributed by atoms with E-state index in [1.54, 1.807) is 24.0 Å². The Bertz CT molecular complexity index is 996. The van der Waals surface area contributed by atoms with E-state index in [4.69, 9.17) is 4.74 Å². The van der Waals surface area contributed by atoms with Crippen LogP contribution < -0.4 is 0 Å². The molecule has 2 aromatic carbocycles. The summed E-state index contributed by atoms with van der Waals surface area (Å²) in [5, 5.41) is 0. The fourth-order valence-electron chi connectivity index (χ4n) is 3.77. The summed E-state index contributed by atoms with van der Waals surface area (Å²) in [5.41, 5.74) is 2.14. The molecule has 0 saturated heterocycles. The molecule has 0 aliphatic heterocycles. The molecule has 1 fully saturated rings. The van der Waals surface area contributed by atoms with Crippen LogP contribution in [0.15, 0.2) is 36.4 Å². The van der Waals surface area contributed by atoms with E-state index >= 15 is 0 Å². The number of amides is 1. The van der Waals surface area contributed by atoms with Crippen LogP contribution in [0.25, 0.3) is 11.1 Å². The van der Waals surface area contributed by atoms with Gasteiger partial charge in [0.15, 0.2) is 0 Å². The second-order valence-corrected chi connectivity index (χ2v) is 8.19. The highest BCUT2D eigenvalue weighted by Crippen LogP contribution is 2.36. The maximum absolute atomic E-state index is 13.6. The van der Waals surface area contributed by atoms with Crippen molar-refractivity contribution in [3.8, 4) is 11.1 Å². The standard InChI is InChI=1S/C25H28F3NO3/c1-4-29(24(31)18-7-8-18)15-20-10-16(3)6-9-22(20)19-11-17(13-23(30)32-5-2)12-21(14-19)25(26,27)28/h6,9-12,14,18H,4-5,7-8,13,15H2,1-3H3. The number of aryl methyl sites for hydroxylation is 1. The highest BCUT2D eigenvalue weighted by Gasteiger charge is 2.34. The Kier molecular flexibility index (Phi) is 7.26. The first kappa shape index (κ1) is 23.8. The Morgan fingerprint density at radius 2 is 1.81 bits per heavy atom. The molecule has 4 nitrogen and oxygen atoms in total. The van der Waals surface area contributed by atoms with Gasteiger partial charge < -0.3 is 9.64 Å². The van der Waals surface area contributed by atoms with Crippen LogP contribution >= 0.6 is 0 Å². The monoisotopic (exact) mass is 447 g/mol. The molecule has 0 radical (unpaired) electrons. The first-order chi connectivity index (χ1) is 15.1. The van der Waals surface area contributed by atoms with Gasteiger partial charge in [0.05, 0.1) is 18.6 Å². The summed E-state index contributed by atoms with van der Waals surface area (Å²) in [6.07, 6.45) is -3.02. The molecular formula is C25H28F3NO3. The van der Waals surface area contributed by atoms with Crippen molar-refractivity contribution in [1.29, 1.82) is 0 Å². The Morgan fingerprint density at radius 3 is 2.41 bits per heavy atom. The molecule has 0 spiro atoms. The quantitative estimate of drug-likeness (QED) is 0.499. The zero-order valence-electron chi connectivity index (χ0n) is 18.6. The molecule has 1 aliphatic carbocycles. The van der Waals surface area contributed by atoms with Crippen molar-refractivity contribution >= 4 is 11.9 Å². The summed E-state index contributed by atoms with van der Waals surface area (Å²) < 4.78 is 45.7. The smallest absolute Gasteiger partial charge is 0.416 e. The van der Waals surface area contributed by atoms with Crippen molar-refractivity contribution in [3.05, 3.63) is 58.7 Å². The molecule has 172 valence electrons. The highest BCUT2D eigenvalue weighted by molar-refractivity contribution is 5.81. The van der Waals surface area contributed by atoms with Crippen molar-refractivity contribution in [2.75, 3.05) is 13.2 Å². The van der Waals surface area contributed by atoms with Crippen LogP contribution in [0.5, 0.6) is 0 Å². The summed E-state index contributed by atoms with van der Waals surface area (Å²) >= 11 is 0. The van der Waals surface area contributed by atoms with Crippen molar-refractivity contribution in [2.45, 2.75) is 52.8 Å². The van der Waals surface area contributed by atoms with Gasteiger partial charge in [0.25, 0.3) is 0 Å². The zero-order valence-corrected chi connectivity index (χ0v) is 18.6. The third-order valence-electron chi connectivity index (χ3n) is 5.53. The molecule has 1 saturated carbocycles. The fraction of sp³-hybridized carbons (Fsp3) is 0.440. The van der Waals surface area contributed by atoms with E-state index in [1.165, 1.54) is 0 Å². The first-order valence-electron chi connectivity index (χ1n) is 10.9. The predicted octanol–water partition coefficient (Wildman–Crippen LogP) is 5.54. The number of carbonyl (C=O) groups is 2. The van der Waals surface area contributed by atoms with Crippen molar-refractivity contribution in [1.82, 2.24) is 4.90 Å². The van der Waals surface area contributed by atoms with Crippen LogP contribution in [0.1, 0.15) is 48.9 Å². The summed E-state index contributed by atoms with van der Waals surface area (Å²) in [6.45, 7) is 6.47. The number of hydrogen-bond donors (Lipinski definition) is 0. The zero-order chi connectivity index (χ0) is 23.5. The van der Waals surface area contributed by atoms with E-state index in [1.807, 2.05) is 26.0 Å². The number of esters is 1. The first-order valence-corrected chi connectivity index (χ1v) is 10.9. The molecule has 0 atom stereocenters. The van der Waals surface area contributed by atoms with Gasteiger partial charge in [-0.2, -0.15) is 13.2 Å². The fourth-order valence-corrected chi connectivity index (χ4v) is 3.77. The molecular weight excluding hydrogens is 419 g/mol. The molecule has 3 rings (SSSR count). The van der Waals surface area contributed by atoms with Crippen LogP contribution in [0.3, 0.4) is 0 Å². The number of hydrogen-bond acceptors (Lipinski definition) is 3. The van der Waals surface area contributed by atoms with Gasteiger partial charge in [-0.3, -0.25) is 9.59 Å². The number of carbonyl (C=O) groups excluding carboxylic acids is 2. The van der Waals surface area contributed by atoms with Gasteiger partial charge in [0, 0.05) is 19.0 Å². The van der Waals surface area contributed by atoms with Crippen molar-refractivity contribution < 1.29 is 27.5 Å². The van der Waals surface area contributed by atoms with Gasteiger partial charge >= 0.3 is 12.1 Å². The Labute approximate surface area is 186 Å². The maximum Gasteiger partial charge on any atom is 0.416 e. The lowest BCUT2D eigenvalue weighted by Gasteiger charge is -2.23. The van der Waals surface area contributed by atoms with Gasteiger partial charge in [0.2, 0.25) is 5.91 Å².